The van der Waals surface area contributed by atoms with E-state index in [1.807, 2.05) is 13.8 Å². The Morgan fingerprint density at radius 1 is 0.854 bits per heavy atom. The molecule has 12 heteroatoms. The Morgan fingerprint density at radius 2 is 1.49 bits per heavy atom. The van der Waals surface area contributed by atoms with Crippen LogP contribution in [0, 0.1) is 0 Å². The van der Waals surface area contributed by atoms with E-state index in [9.17, 15) is 18.0 Å². The van der Waals surface area contributed by atoms with Gasteiger partial charge in [0.2, 0.25) is 11.8 Å². The standard InChI is InChI=1S/C29H31Cl4N3O4S/c1-4-19(3)34-29(38)27(5-2)35(17-20-11-12-21(30)16-26(20)33)28(37)18-36(24-14-22(31)13-23(32)15-24)41(39,40)25-9-7-6-8-10-25/h6-16,19,27H,4-5,17-18H2,1-3H3,(H,34,38)/t19-,27-/m1/s1. The number of halogens is 4. The molecule has 3 aromatic carbocycles. The molecule has 0 unspecified atom stereocenters. The van der Waals surface area contributed by atoms with Gasteiger partial charge in [-0.2, -0.15) is 0 Å². The Bertz CT molecular complexity index is 1470. The molecule has 0 aliphatic rings. The lowest BCUT2D eigenvalue weighted by atomic mass is 10.1. The highest BCUT2D eigenvalue weighted by atomic mass is 35.5. The van der Waals surface area contributed by atoms with Gasteiger partial charge in [0.05, 0.1) is 10.6 Å². The Balaban J connectivity index is 2.10. The lowest BCUT2D eigenvalue weighted by Gasteiger charge is -2.34. The Morgan fingerprint density at radius 3 is 2.05 bits per heavy atom. The summed E-state index contributed by atoms with van der Waals surface area (Å²) in [4.78, 5) is 28.8. The molecule has 41 heavy (non-hydrogen) atoms. The maximum absolute atomic E-state index is 14.1. The summed E-state index contributed by atoms with van der Waals surface area (Å²) in [7, 11) is -4.25. The minimum Gasteiger partial charge on any atom is -0.352 e. The van der Waals surface area contributed by atoms with E-state index < -0.39 is 28.5 Å². The van der Waals surface area contributed by atoms with Crippen molar-refractivity contribution in [3.8, 4) is 0 Å². The summed E-state index contributed by atoms with van der Waals surface area (Å²) in [6.07, 6.45) is 0.964. The number of rotatable bonds is 12. The van der Waals surface area contributed by atoms with Crippen molar-refractivity contribution in [1.82, 2.24) is 10.2 Å². The quantitative estimate of drug-likeness (QED) is 0.223. The Labute approximate surface area is 261 Å². The molecule has 0 fully saturated rings. The van der Waals surface area contributed by atoms with Crippen molar-refractivity contribution in [2.24, 2.45) is 0 Å². The molecule has 220 valence electrons. The van der Waals surface area contributed by atoms with E-state index >= 15 is 0 Å². The smallest absolute Gasteiger partial charge is 0.264 e. The average molecular weight is 659 g/mol. The number of hydrogen-bond donors (Lipinski definition) is 1. The van der Waals surface area contributed by atoms with Crippen LogP contribution in [0.1, 0.15) is 39.2 Å². The lowest BCUT2D eigenvalue weighted by molar-refractivity contribution is -0.140. The molecule has 7 nitrogen and oxygen atoms in total. The summed E-state index contributed by atoms with van der Waals surface area (Å²) in [6.45, 7) is 4.89. The summed E-state index contributed by atoms with van der Waals surface area (Å²) < 4.78 is 28.7. The van der Waals surface area contributed by atoms with Crippen molar-refractivity contribution in [2.45, 2.75) is 57.1 Å². The van der Waals surface area contributed by atoms with Gasteiger partial charge in [0, 0.05) is 32.7 Å². The second-order valence-corrected chi connectivity index (χ2v) is 13.0. The highest BCUT2D eigenvalue weighted by Gasteiger charge is 2.34. The molecular formula is C29H31Cl4N3O4S. The molecule has 0 heterocycles. The molecule has 3 rings (SSSR count). The molecule has 0 aliphatic heterocycles. The molecule has 3 aromatic rings. The number of nitrogens with one attached hydrogen (secondary N) is 1. The maximum atomic E-state index is 14.1. The fourth-order valence-corrected chi connectivity index (χ4v) is 6.53. The van der Waals surface area contributed by atoms with Gasteiger partial charge in [0.1, 0.15) is 12.6 Å². The third kappa shape index (κ3) is 8.52. The van der Waals surface area contributed by atoms with E-state index in [-0.39, 0.29) is 45.5 Å². The highest BCUT2D eigenvalue weighted by molar-refractivity contribution is 7.92. The first-order valence-corrected chi connectivity index (χ1v) is 15.9. The fourth-order valence-electron chi connectivity index (χ4n) is 4.13. The SMILES string of the molecule is CC[C@@H](C)NC(=O)[C@@H](CC)N(Cc1ccc(Cl)cc1Cl)C(=O)CN(c1cc(Cl)cc(Cl)c1)S(=O)(=O)c1ccccc1. The van der Waals surface area contributed by atoms with Crippen LogP contribution in [0.5, 0.6) is 0 Å². The van der Waals surface area contributed by atoms with Crippen LogP contribution in [0.2, 0.25) is 20.1 Å². The van der Waals surface area contributed by atoms with Crippen LogP contribution in [0.3, 0.4) is 0 Å². The first-order valence-electron chi connectivity index (χ1n) is 12.9. The zero-order valence-corrected chi connectivity index (χ0v) is 26.6. The van der Waals surface area contributed by atoms with E-state index in [1.165, 1.54) is 35.2 Å². The summed E-state index contributed by atoms with van der Waals surface area (Å²) >= 11 is 25.0. The van der Waals surface area contributed by atoms with E-state index in [2.05, 4.69) is 5.32 Å². The number of sulfonamides is 1. The largest absolute Gasteiger partial charge is 0.352 e. The second-order valence-electron chi connectivity index (χ2n) is 9.45. The molecule has 0 aromatic heterocycles. The summed E-state index contributed by atoms with van der Waals surface area (Å²) in [6, 6.07) is 15.8. The molecular weight excluding hydrogens is 628 g/mol. The van der Waals surface area contributed by atoms with Gasteiger partial charge in [-0.15, -0.1) is 0 Å². The summed E-state index contributed by atoms with van der Waals surface area (Å²) in [5.74, 6) is -0.985. The van der Waals surface area contributed by atoms with Gasteiger partial charge in [-0.25, -0.2) is 8.42 Å². The van der Waals surface area contributed by atoms with Crippen molar-refractivity contribution in [3.63, 3.8) is 0 Å². The van der Waals surface area contributed by atoms with Crippen molar-refractivity contribution in [3.05, 3.63) is 92.4 Å². The number of nitrogens with zero attached hydrogens (tertiary/aromatic N) is 2. The number of carbonyl (C=O) groups excluding carboxylic acids is 2. The summed E-state index contributed by atoms with van der Waals surface area (Å²) in [5.41, 5.74) is 0.642. The summed E-state index contributed by atoms with van der Waals surface area (Å²) in [5, 5.41) is 4.03. The molecule has 0 saturated heterocycles. The van der Waals surface area contributed by atoms with E-state index in [1.54, 1.807) is 43.3 Å². The van der Waals surface area contributed by atoms with Crippen LogP contribution < -0.4 is 9.62 Å². The zero-order valence-electron chi connectivity index (χ0n) is 22.8. The molecule has 0 aliphatic carbocycles. The van der Waals surface area contributed by atoms with Gasteiger partial charge in [0.15, 0.2) is 0 Å². The van der Waals surface area contributed by atoms with Gasteiger partial charge >= 0.3 is 0 Å². The topological polar surface area (TPSA) is 86.8 Å². The third-order valence-corrected chi connectivity index (χ3v) is 9.30. The van der Waals surface area contributed by atoms with Gasteiger partial charge in [-0.3, -0.25) is 13.9 Å². The van der Waals surface area contributed by atoms with Gasteiger partial charge in [-0.1, -0.05) is 84.5 Å². The molecule has 0 bridgehead atoms. The number of anilines is 1. The first kappa shape index (κ1) is 33.0. The van der Waals surface area contributed by atoms with E-state index in [0.717, 1.165) is 4.31 Å². The monoisotopic (exact) mass is 657 g/mol. The minimum atomic E-state index is -4.25. The van der Waals surface area contributed by atoms with Gasteiger partial charge in [0.25, 0.3) is 10.0 Å². The number of amides is 2. The second kappa shape index (κ2) is 14.6. The Hall–Kier alpha value is -2.49. The van der Waals surface area contributed by atoms with Crippen LogP contribution >= 0.6 is 46.4 Å². The van der Waals surface area contributed by atoms with E-state index in [0.29, 0.717) is 22.0 Å². The van der Waals surface area contributed by atoms with Crippen molar-refractivity contribution < 1.29 is 18.0 Å². The molecule has 2 atom stereocenters. The van der Waals surface area contributed by atoms with Crippen LogP contribution in [-0.2, 0) is 26.2 Å². The maximum Gasteiger partial charge on any atom is 0.264 e. The Kier molecular flexibility index (Phi) is 11.8. The van der Waals surface area contributed by atoms with Crippen LogP contribution in [-0.4, -0.2) is 43.8 Å². The molecule has 0 saturated carbocycles. The van der Waals surface area contributed by atoms with Gasteiger partial charge < -0.3 is 10.2 Å². The fraction of sp³-hybridized carbons (Fsp3) is 0.310. The number of carbonyl (C=O) groups is 2. The third-order valence-electron chi connectivity index (χ3n) is 6.49. The first-order chi connectivity index (χ1) is 19.4. The molecule has 0 radical (unpaired) electrons. The zero-order chi connectivity index (χ0) is 30.3. The van der Waals surface area contributed by atoms with Crippen molar-refractivity contribution in [1.29, 1.82) is 0 Å². The van der Waals surface area contributed by atoms with Crippen LogP contribution in [0.4, 0.5) is 5.69 Å². The predicted octanol–water partition coefficient (Wildman–Crippen LogP) is 7.22. The van der Waals surface area contributed by atoms with E-state index in [4.69, 9.17) is 46.4 Å². The van der Waals surface area contributed by atoms with Crippen molar-refractivity contribution in [2.75, 3.05) is 10.8 Å². The molecule has 1 N–H and O–H groups in total. The normalized spacial score (nSPS) is 12.9. The highest BCUT2D eigenvalue weighted by Crippen LogP contribution is 2.31. The average Bonchev–Trinajstić information content (AvgIpc) is 2.92. The molecule has 2 amide bonds. The molecule has 0 spiro atoms. The predicted molar refractivity (Wildman–Crippen MR) is 166 cm³/mol. The van der Waals surface area contributed by atoms with Gasteiger partial charge in [-0.05, 0) is 67.8 Å². The minimum absolute atomic E-state index is 0.0299. The van der Waals surface area contributed by atoms with Crippen LogP contribution in [0.15, 0.2) is 71.6 Å². The number of benzene rings is 3. The lowest BCUT2D eigenvalue weighted by Crippen LogP contribution is -2.53. The van der Waals surface area contributed by atoms with Crippen LogP contribution in [0.25, 0.3) is 0 Å². The van der Waals surface area contributed by atoms with Crippen molar-refractivity contribution >= 4 is 73.9 Å². The number of hydrogen-bond acceptors (Lipinski definition) is 4.